The number of rotatable bonds is 6. The highest BCUT2D eigenvalue weighted by molar-refractivity contribution is 7.75. The predicted molar refractivity (Wildman–Crippen MR) is 103 cm³/mol. The Morgan fingerprint density at radius 3 is 1.65 bits per heavy atom. The van der Waals surface area contributed by atoms with Gasteiger partial charge in [0.25, 0.3) is 0 Å². The topological polar surface area (TPSA) is 45.6 Å². The molecular weight excluding hydrogens is 330 g/mol. The van der Waals surface area contributed by atoms with Crippen LogP contribution in [0.3, 0.4) is 0 Å². The lowest BCUT2D eigenvalue weighted by molar-refractivity contribution is 0.0735. The van der Waals surface area contributed by atoms with Crippen LogP contribution in [0.5, 0.6) is 0 Å². The Labute approximate surface area is 143 Å². The van der Waals surface area contributed by atoms with Crippen LogP contribution in [-0.2, 0) is 4.57 Å². The zero-order valence-electron chi connectivity index (χ0n) is 16.4. The van der Waals surface area contributed by atoms with Crippen molar-refractivity contribution in [2.24, 2.45) is 4.76 Å². The predicted octanol–water partition coefficient (Wildman–Crippen LogP) is 1.80. The third-order valence-corrected chi connectivity index (χ3v) is 9.77. The summed E-state index contributed by atoms with van der Waals surface area (Å²) in [7, 11) is 16.4. The lowest BCUT2D eigenvalue weighted by atomic mass is 10.1. The average Bonchev–Trinajstić information content (AvgIpc) is 2.78. The van der Waals surface area contributed by atoms with Gasteiger partial charge < -0.3 is 0 Å². The van der Waals surface area contributed by atoms with Crippen LogP contribution >= 0.6 is 15.7 Å². The molecule has 1 rings (SSSR count). The minimum atomic E-state index is -2.96. The molecule has 136 valence electrons. The molecule has 0 radical (unpaired) electrons. The van der Waals surface area contributed by atoms with Crippen molar-refractivity contribution in [3.05, 3.63) is 0 Å². The SMILES string of the molecule is CN(C)P1CCC(N(C)C)(N(C)C)C1=NP(=O)(N(C)C)N(C)C. The second-order valence-corrected chi connectivity index (χ2v) is 12.3. The molecule has 1 atom stereocenters. The largest absolute Gasteiger partial charge is 0.328 e. The van der Waals surface area contributed by atoms with E-state index in [1.54, 1.807) is 9.34 Å². The van der Waals surface area contributed by atoms with E-state index < -0.39 is 15.7 Å². The second-order valence-electron chi connectivity index (χ2n) is 6.96. The fraction of sp³-hybridized carbons (Fsp3) is 0.929. The van der Waals surface area contributed by atoms with Crippen molar-refractivity contribution in [1.82, 2.24) is 23.8 Å². The summed E-state index contributed by atoms with van der Waals surface area (Å²) in [6.07, 6.45) is 2.06. The number of hydrogen-bond acceptors (Lipinski definition) is 4. The molecule has 23 heavy (non-hydrogen) atoms. The normalized spacial score (nSPS) is 24.1. The van der Waals surface area contributed by atoms with Gasteiger partial charge in [0, 0.05) is 8.07 Å². The first-order valence-electron chi connectivity index (χ1n) is 7.77. The smallest absolute Gasteiger partial charge is 0.286 e. The van der Waals surface area contributed by atoms with Gasteiger partial charge in [0.2, 0.25) is 0 Å². The molecule has 0 spiro atoms. The Balaban J connectivity index is 3.60. The first kappa shape index (κ1) is 21.2. The lowest BCUT2D eigenvalue weighted by Gasteiger charge is -2.44. The number of nitrogens with zero attached hydrogens (tertiary/aromatic N) is 6. The molecule has 0 aromatic heterocycles. The van der Waals surface area contributed by atoms with Crippen LogP contribution in [0.4, 0.5) is 0 Å². The Kier molecular flexibility index (Phi) is 6.97. The van der Waals surface area contributed by atoms with E-state index in [-0.39, 0.29) is 5.66 Å². The van der Waals surface area contributed by atoms with Gasteiger partial charge >= 0.3 is 7.59 Å². The van der Waals surface area contributed by atoms with Crippen molar-refractivity contribution in [3.8, 4) is 0 Å². The maximum absolute atomic E-state index is 13.5. The molecule has 0 amide bonds. The summed E-state index contributed by atoms with van der Waals surface area (Å²) in [5.74, 6) is 0. The fourth-order valence-electron chi connectivity index (χ4n) is 3.11. The molecule has 1 saturated heterocycles. The van der Waals surface area contributed by atoms with Crippen LogP contribution in [0, 0.1) is 0 Å². The Hall–Kier alpha value is 0.130. The summed E-state index contributed by atoms with van der Waals surface area (Å²) in [6, 6.07) is 0. The summed E-state index contributed by atoms with van der Waals surface area (Å²) >= 11 is 0. The van der Waals surface area contributed by atoms with Crippen LogP contribution in [0.1, 0.15) is 6.42 Å². The summed E-state index contributed by atoms with van der Waals surface area (Å²) in [6.45, 7) is 0. The molecule has 1 aliphatic heterocycles. The fourth-order valence-corrected chi connectivity index (χ4v) is 7.80. The zero-order valence-corrected chi connectivity index (χ0v) is 18.2. The summed E-state index contributed by atoms with van der Waals surface area (Å²) in [5.41, 5.74) is 0.774. The van der Waals surface area contributed by atoms with Gasteiger partial charge in [0.15, 0.2) is 0 Å². The van der Waals surface area contributed by atoms with Gasteiger partial charge in [-0.05, 0) is 83.1 Å². The molecule has 0 aromatic rings. The van der Waals surface area contributed by atoms with Crippen LogP contribution < -0.4 is 0 Å². The van der Waals surface area contributed by atoms with Crippen molar-refractivity contribution >= 4 is 21.1 Å². The second kappa shape index (κ2) is 7.57. The van der Waals surface area contributed by atoms with Crippen molar-refractivity contribution in [2.45, 2.75) is 12.1 Å². The molecule has 0 N–H and O–H groups in total. The van der Waals surface area contributed by atoms with Gasteiger partial charge in [0.1, 0.15) is 5.66 Å². The summed E-state index contributed by atoms with van der Waals surface area (Å²) in [5, 5.41) is 0. The van der Waals surface area contributed by atoms with Gasteiger partial charge in [-0.25, -0.2) is 9.34 Å². The maximum atomic E-state index is 13.5. The van der Waals surface area contributed by atoms with Crippen molar-refractivity contribution in [1.29, 1.82) is 0 Å². The molecule has 1 aliphatic rings. The van der Waals surface area contributed by atoms with Crippen LogP contribution in [0.15, 0.2) is 4.76 Å². The van der Waals surface area contributed by atoms with E-state index in [0.717, 1.165) is 18.0 Å². The van der Waals surface area contributed by atoms with Crippen molar-refractivity contribution in [2.75, 3.05) is 76.6 Å². The zero-order chi connectivity index (χ0) is 18.2. The first-order chi connectivity index (χ1) is 10.4. The highest BCUT2D eigenvalue weighted by atomic mass is 31.2. The van der Waals surface area contributed by atoms with E-state index in [1.807, 2.05) is 28.2 Å². The molecule has 0 aromatic carbocycles. The molecule has 9 heteroatoms. The molecule has 0 saturated carbocycles. The number of hydrogen-bond donors (Lipinski definition) is 0. The first-order valence-corrected chi connectivity index (χ1v) is 10.8. The monoisotopic (exact) mass is 364 g/mol. The highest BCUT2D eigenvalue weighted by Gasteiger charge is 2.51. The summed E-state index contributed by atoms with van der Waals surface area (Å²) < 4.78 is 24.2. The van der Waals surface area contributed by atoms with Crippen LogP contribution in [0.2, 0.25) is 0 Å². The maximum Gasteiger partial charge on any atom is 0.328 e. The van der Waals surface area contributed by atoms with Crippen LogP contribution in [-0.4, -0.2) is 112 Å². The molecule has 1 heterocycles. The third kappa shape index (κ3) is 3.72. The quantitative estimate of drug-likeness (QED) is 0.529. The average molecular weight is 364 g/mol. The highest BCUT2D eigenvalue weighted by Crippen LogP contribution is 2.60. The van der Waals surface area contributed by atoms with E-state index in [0.29, 0.717) is 0 Å². The third-order valence-electron chi connectivity index (χ3n) is 4.50. The Morgan fingerprint density at radius 2 is 1.35 bits per heavy atom. The molecular formula is C14H34N6OP2. The van der Waals surface area contributed by atoms with E-state index in [4.69, 9.17) is 4.76 Å². The van der Waals surface area contributed by atoms with Gasteiger partial charge in [-0.15, -0.1) is 0 Å². The molecule has 0 aliphatic carbocycles. The Morgan fingerprint density at radius 1 is 0.913 bits per heavy atom. The summed E-state index contributed by atoms with van der Waals surface area (Å²) in [4.78, 5) is 4.43. The minimum absolute atomic E-state index is 0.280. The van der Waals surface area contributed by atoms with Gasteiger partial charge in [-0.2, -0.15) is 4.76 Å². The van der Waals surface area contributed by atoms with Crippen LogP contribution in [0.25, 0.3) is 0 Å². The van der Waals surface area contributed by atoms with Crippen molar-refractivity contribution in [3.63, 3.8) is 0 Å². The van der Waals surface area contributed by atoms with Gasteiger partial charge in [-0.1, -0.05) is 0 Å². The van der Waals surface area contributed by atoms with E-state index in [9.17, 15) is 4.57 Å². The molecule has 1 unspecified atom stereocenters. The lowest BCUT2D eigenvalue weighted by Crippen LogP contribution is -2.58. The minimum Gasteiger partial charge on any atom is -0.286 e. The van der Waals surface area contributed by atoms with Crippen molar-refractivity contribution < 1.29 is 4.57 Å². The molecule has 0 bridgehead atoms. The van der Waals surface area contributed by atoms with E-state index >= 15 is 0 Å². The van der Waals surface area contributed by atoms with Gasteiger partial charge in [0.05, 0.1) is 5.45 Å². The molecule has 1 fully saturated rings. The van der Waals surface area contributed by atoms with E-state index in [1.165, 1.54) is 0 Å². The van der Waals surface area contributed by atoms with E-state index in [2.05, 4.69) is 56.8 Å². The Bertz CT molecular complexity index is 470. The molecule has 7 nitrogen and oxygen atoms in total. The van der Waals surface area contributed by atoms with Gasteiger partial charge in [-0.3, -0.25) is 19.0 Å². The standard InChI is InChI=1S/C14H34N6OP2/c1-16(2)14(17(3)4)11-12-22(18(5)6)13(14)15-23(21,19(7)8)20(9)10/h11-12H2,1-10H3.